The number of anilines is 1. The number of aromatic nitrogens is 1. The number of rotatable bonds is 7. The van der Waals surface area contributed by atoms with E-state index >= 15 is 0 Å². The monoisotopic (exact) mass is 527 g/mol. The molecule has 0 aliphatic heterocycles. The zero-order valence-electron chi connectivity index (χ0n) is 20.6. The van der Waals surface area contributed by atoms with Gasteiger partial charge in [-0.2, -0.15) is 26.3 Å². The average Bonchev–Trinajstić information content (AvgIpc) is 2.82. The van der Waals surface area contributed by atoms with Gasteiger partial charge in [0.15, 0.2) is 5.78 Å². The van der Waals surface area contributed by atoms with Crippen LogP contribution < -0.4 is 5.32 Å². The van der Waals surface area contributed by atoms with Crippen molar-refractivity contribution in [2.75, 3.05) is 5.32 Å². The van der Waals surface area contributed by atoms with E-state index in [2.05, 4.69) is 4.98 Å². The van der Waals surface area contributed by atoms with E-state index in [0.29, 0.717) is 12.5 Å². The van der Waals surface area contributed by atoms with Gasteiger partial charge in [-0.3, -0.25) is 14.6 Å². The lowest BCUT2D eigenvalue weighted by Gasteiger charge is -2.14. The Kier molecular flexibility index (Phi) is 11.4. The van der Waals surface area contributed by atoms with Crippen LogP contribution in [-0.4, -0.2) is 29.1 Å². The normalized spacial score (nSPS) is 12.4. The lowest BCUT2D eigenvalue weighted by Crippen LogP contribution is -2.23. The predicted octanol–water partition coefficient (Wildman–Crippen LogP) is 7.58. The Morgan fingerprint density at radius 1 is 1.05 bits per heavy atom. The molecule has 0 bridgehead atoms. The number of carbonyl (C=O) groups excluding carboxylic acids is 2. The van der Waals surface area contributed by atoms with Crippen LogP contribution in [-0.2, 0) is 11.0 Å². The molecule has 200 valence electrons. The Balaban J connectivity index is 0.000000417. The first-order chi connectivity index (χ1) is 17.2. The number of aryl methyl sites for hydroxylation is 1. The second kappa shape index (κ2) is 13.5. The van der Waals surface area contributed by atoms with E-state index in [4.69, 9.17) is 5.41 Å². The minimum atomic E-state index is -4.83. The van der Waals surface area contributed by atoms with E-state index in [1.165, 1.54) is 0 Å². The Morgan fingerprint density at radius 3 is 2.19 bits per heavy atom. The summed E-state index contributed by atoms with van der Waals surface area (Å²) in [5.41, 5.74) is -0.841. The standard InChI is InChI=1S/C13H11F6N3O.C13H16O/c1-2-9(12(14,15)16)8(6-20)11(23)22-7-3-4-21-10(5-7)13(17,18)19;1-4-7-11-10(3)8-6-9-12(11)13(14)5-2/h3-6,20H,2H2,1H3,(H,21,22,23);4,6-9H,5H2,1-3H3/b9-8-,20-6?;7-4-. The van der Waals surface area contributed by atoms with Gasteiger partial charge in [-0.25, -0.2) is 0 Å². The van der Waals surface area contributed by atoms with Crippen molar-refractivity contribution in [3.63, 3.8) is 0 Å². The minimum Gasteiger partial charge on any atom is -0.322 e. The van der Waals surface area contributed by atoms with Crippen molar-refractivity contribution in [2.24, 2.45) is 0 Å². The Bertz CT molecular complexity index is 1180. The van der Waals surface area contributed by atoms with Crippen molar-refractivity contribution in [1.82, 2.24) is 4.98 Å². The second-order valence-corrected chi connectivity index (χ2v) is 7.58. The Morgan fingerprint density at radius 2 is 1.70 bits per heavy atom. The van der Waals surface area contributed by atoms with Gasteiger partial charge < -0.3 is 10.7 Å². The van der Waals surface area contributed by atoms with Crippen molar-refractivity contribution in [2.45, 2.75) is 52.9 Å². The number of benzene rings is 1. The van der Waals surface area contributed by atoms with Crippen LogP contribution in [0.2, 0.25) is 0 Å². The molecule has 1 aromatic heterocycles. The maximum Gasteiger partial charge on any atom is 0.433 e. The zero-order chi connectivity index (χ0) is 28.4. The average molecular weight is 528 g/mol. The third-order valence-corrected chi connectivity index (χ3v) is 5.00. The molecule has 2 rings (SSSR count). The highest BCUT2D eigenvalue weighted by molar-refractivity contribution is 6.17. The molecule has 2 N–H and O–H groups in total. The van der Waals surface area contributed by atoms with Gasteiger partial charge in [-0.05, 0) is 43.5 Å². The molecule has 0 aliphatic carbocycles. The van der Waals surface area contributed by atoms with Crippen LogP contribution in [0.25, 0.3) is 6.08 Å². The van der Waals surface area contributed by atoms with Crippen LogP contribution in [0, 0.1) is 12.3 Å². The number of Topliss-reactive ketones (excluding diaryl/α,β-unsaturated/α-hetero) is 1. The zero-order valence-corrected chi connectivity index (χ0v) is 20.6. The molecule has 0 unspecified atom stereocenters. The molecule has 2 aromatic rings. The van der Waals surface area contributed by atoms with Gasteiger partial charge in [0.2, 0.25) is 0 Å². The fraction of sp³-hybridized carbons (Fsp3) is 0.308. The molecule has 0 saturated carbocycles. The molecule has 0 saturated heterocycles. The van der Waals surface area contributed by atoms with E-state index < -0.39 is 41.5 Å². The number of hydrogen-bond acceptors (Lipinski definition) is 4. The lowest BCUT2D eigenvalue weighted by atomic mass is 9.97. The van der Waals surface area contributed by atoms with Gasteiger partial charge >= 0.3 is 12.4 Å². The van der Waals surface area contributed by atoms with Crippen LogP contribution in [0.15, 0.2) is 53.8 Å². The first kappa shape index (κ1) is 31.3. The maximum atomic E-state index is 12.8. The first-order valence-corrected chi connectivity index (χ1v) is 11.1. The molecule has 1 amide bonds. The highest BCUT2D eigenvalue weighted by Crippen LogP contribution is 2.31. The highest BCUT2D eigenvalue weighted by atomic mass is 19.4. The first-order valence-electron chi connectivity index (χ1n) is 11.1. The molecular formula is C26H27F6N3O2. The third-order valence-electron chi connectivity index (χ3n) is 5.00. The summed E-state index contributed by atoms with van der Waals surface area (Å²) in [5, 5.41) is 8.88. The number of nitrogens with zero attached hydrogens (tertiary/aromatic N) is 1. The summed E-state index contributed by atoms with van der Waals surface area (Å²) in [4.78, 5) is 26.5. The second-order valence-electron chi connectivity index (χ2n) is 7.58. The highest BCUT2D eigenvalue weighted by Gasteiger charge is 2.36. The summed E-state index contributed by atoms with van der Waals surface area (Å²) >= 11 is 0. The van der Waals surface area contributed by atoms with Crippen LogP contribution in [0.5, 0.6) is 0 Å². The number of amides is 1. The van der Waals surface area contributed by atoms with Crippen molar-refractivity contribution in [1.29, 1.82) is 5.41 Å². The number of nitrogens with one attached hydrogen (secondary N) is 2. The fourth-order valence-corrected chi connectivity index (χ4v) is 3.20. The fourth-order valence-electron chi connectivity index (χ4n) is 3.20. The summed E-state index contributed by atoms with van der Waals surface area (Å²) in [5.74, 6) is -1.12. The molecule has 1 heterocycles. The van der Waals surface area contributed by atoms with Gasteiger partial charge in [0.1, 0.15) is 5.69 Å². The largest absolute Gasteiger partial charge is 0.433 e. The molecule has 11 heteroatoms. The number of alkyl halides is 6. The molecular weight excluding hydrogens is 500 g/mol. The number of allylic oxidation sites excluding steroid dienone is 2. The maximum absolute atomic E-state index is 12.8. The van der Waals surface area contributed by atoms with Gasteiger partial charge in [0.05, 0.1) is 5.57 Å². The molecule has 0 aliphatic rings. The quantitative estimate of drug-likeness (QED) is 0.169. The predicted molar refractivity (Wildman–Crippen MR) is 131 cm³/mol. The molecule has 5 nitrogen and oxygen atoms in total. The van der Waals surface area contributed by atoms with E-state index in [-0.39, 0.29) is 17.7 Å². The molecule has 0 fully saturated rings. The summed E-state index contributed by atoms with van der Waals surface area (Å²) in [6.45, 7) is 7.03. The van der Waals surface area contributed by atoms with Gasteiger partial charge in [0.25, 0.3) is 5.91 Å². The van der Waals surface area contributed by atoms with E-state index in [0.717, 1.165) is 35.9 Å². The lowest BCUT2D eigenvalue weighted by molar-refractivity contribution is -0.141. The molecule has 37 heavy (non-hydrogen) atoms. The molecule has 0 radical (unpaired) electrons. The molecule has 0 atom stereocenters. The number of ketones is 1. The van der Waals surface area contributed by atoms with Gasteiger partial charge in [-0.1, -0.05) is 44.2 Å². The number of pyridine rings is 1. The SMILES string of the molecule is C/C=C\c1c(C)cccc1C(=O)CC.CC/C(=C(\C=N)C(=O)Nc1ccnc(C(F)(F)F)c1)C(F)(F)F. The Hall–Kier alpha value is -3.76. The summed E-state index contributed by atoms with van der Waals surface area (Å²) in [6.07, 6.45) is -4.65. The molecule has 1 aromatic carbocycles. The number of hydrogen-bond donors (Lipinski definition) is 2. The van der Waals surface area contributed by atoms with E-state index in [9.17, 15) is 35.9 Å². The van der Waals surface area contributed by atoms with Crippen molar-refractivity contribution in [3.8, 4) is 0 Å². The molecule has 0 spiro atoms. The van der Waals surface area contributed by atoms with Crippen molar-refractivity contribution >= 4 is 29.7 Å². The minimum absolute atomic E-state index is 0.210. The van der Waals surface area contributed by atoms with Crippen LogP contribution in [0.1, 0.15) is 60.8 Å². The van der Waals surface area contributed by atoms with Crippen molar-refractivity contribution < 1.29 is 35.9 Å². The summed E-state index contributed by atoms with van der Waals surface area (Å²) in [6, 6.07) is 7.34. The number of carbonyl (C=O) groups is 2. The van der Waals surface area contributed by atoms with Gasteiger partial charge in [-0.15, -0.1) is 0 Å². The van der Waals surface area contributed by atoms with Crippen molar-refractivity contribution in [3.05, 3.63) is 76.1 Å². The smallest absolute Gasteiger partial charge is 0.322 e. The van der Waals surface area contributed by atoms with Gasteiger partial charge in [0, 0.05) is 35.7 Å². The van der Waals surface area contributed by atoms with Crippen LogP contribution in [0.4, 0.5) is 32.0 Å². The third kappa shape index (κ3) is 9.00. The van der Waals surface area contributed by atoms with E-state index in [1.807, 2.05) is 56.4 Å². The van der Waals surface area contributed by atoms with Crippen LogP contribution in [0.3, 0.4) is 0 Å². The number of halogens is 6. The Labute approximate surface area is 210 Å². The summed E-state index contributed by atoms with van der Waals surface area (Å²) < 4.78 is 75.8. The van der Waals surface area contributed by atoms with E-state index in [1.54, 1.807) is 0 Å². The topological polar surface area (TPSA) is 82.9 Å². The summed E-state index contributed by atoms with van der Waals surface area (Å²) in [7, 11) is 0. The van der Waals surface area contributed by atoms with Crippen LogP contribution >= 0.6 is 0 Å².